The predicted molar refractivity (Wildman–Crippen MR) is 150 cm³/mol. The molecule has 0 saturated heterocycles. The van der Waals surface area contributed by atoms with E-state index in [9.17, 15) is 0 Å². The van der Waals surface area contributed by atoms with Gasteiger partial charge in [0.25, 0.3) is 0 Å². The Morgan fingerprint density at radius 2 is 0.697 bits per heavy atom. The van der Waals surface area contributed by atoms with E-state index in [4.69, 9.17) is 0 Å². The van der Waals surface area contributed by atoms with Gasteiger partial charge in [-0.2, -0.15) is 0 Å². The van der Waals surface area contributed by atoms with Crippen molar-refractivity contribution in [3.8, 4) is 0 Å². The molecule has 0 aromatic rings. The van der Waals surface area contributed by atoms with Crippen molar-refractivity contribution in [3.05, 3.63) is 12.4 Å². The Bertz CT molecular complexity index is 419. The standard InChI is InChI=1S/C31H62N2/c1-4-7-10-13-16-17-18-20-23-26-31-32(27-24-21-15-12-9-6-3)29-30-33(31)28-25-22-19-14-11-8-5-2/h29-31H,4-28H2,1-3H3. The summed E-state index contributed by atoms with van der Waals surface area (Å²) in [6.07, 6.45) is 38.0. The van der Waals surface area contributed by atoms with Gasteiger partial charge in [-0.25, -0.2) is 0 Å². The van der Waals surface area contributed by atoms with Gasteiger partial charge in [0.05, 0.1) is 0 Å². The largest absolute Gasteiger partial charge is 0.356 e. The fraction of sp³-hybridized carbons (Fsp3) is 0.935. The molecule has 0 N–H and O–H groups in total. The quantitative estimate of drug-likeness (QED) is 0.124. The Balaban J connectivity index is 2.27. The summed E-state index contributed by atoms with van der Waals surface area (Å²) in [6.45, 7) is 9.46. The van der Waals surface area contributed by atoms with Gasteiger partial charge in [-0.1, -0.05) is 143 Å². The highest BCUT2D eigenvalue weighted by Crippen LogP contribution is 2.24. The zero-order valence-electron chi connectivity index (χ0n) is 23.3. The monoisotopic (exact) mass is 462 g/mol. The fourth-order valence-corrected chi connectivity index (χ4v) is 5.30. The Labute approximate surface area is 210 Å². The summed E-state index contributed by atoms with van der Waals surface area (Å²) in [7, 11) is 0. The van der Waals surface area contributed by atoms with Crippen LogP contribution in [0, 0.1) is 0 Å². The molecule has 0 aliphatic carbocycles. The molecule has 0 radical (unpaired) electrons. The zero-order valence-corrected chi connectivity index (χ0v) is 23.3. The molecule has 0 bridgehead atoms. The van der Waals surface area contributed by atoms with E-state index in [1.165, 1.54) is 161 Å². The van der Waals surface area contributed by atoms with Gasteiger partial charge in [0.1, 0.15) is 6.17 Å². The van der Waals surface area contributed by atoms with E-state index >= 15 is 0 Å². The number of hydrogen-bond donors (Lipinski definition) is 0. The summed E-state index contributed by atoms with van der Waals surface area (Å²) < 4.78 is 0. The second-order valence-electron chi connectivity index (χ2n) is 10.8. The number of unbranched alkanes of at least 4 members (excludes halogenated alkanes) is 19. The van der Waals surface area contributed by atoms with Crippen molar-refractivity contribution in [2.75, 3.05) is 13.1 Å². The van der Waals surface area contributed by atoms with E-state index in [1.807, 2.05) is 0 Å². The van der Waals surface area contributed by atoms with Gasteiger partial charge < -0.3 is 9.80 Å². The minimum Gasteiger partial charge on any atom is -0.356 e. The number of rotatable bonds is 25. The first-order valence-electron chi connectivity index (χ1n) is 15.5. The van der Waals surface area contributed by atoms with E-state index in [0.29, 0.717) is 6.17 Å². The van der Waals surface area contributed by atoms with E-state index in [1.54, 1.807) is 0 Å². The maximum absolute atomic E-state index is 2.69. The second kappa shape index (κ2) is 23.1. The molecule has 33 heavy (non-hydrogen) atoms. The molecule has 0 aromatic heterocycles. The van der Waals surface area contributed by atoms with Crippen LogP contribution in [0.4, 0.5) is 0 Å². The Morgan fingerprint density at radius 1 is 0.394 bits per heavy atom. The Hall–Kier alpha value is -0.660. The molecule has 1 aliphatic rings. The Kier molecular flexibility index (Phi) is 21.3. The first-order chi connectivity index (χ1) is 16.3. The highest BCUT2D eigenvalue weighted by Gasteiger charge is 2.24. The van der Waals surface area contributed by atoms with Crippen LogP contribution < -0.4 is 0 Å². The van der Waals surface area contributed by atoms with Crippen LogP contribution >= 0.6 is 0 Å². The molecule has 0 amide bonds. The third kappa shape index (κ3) is 16.6. The SMILES string of the molecule is CCCCCCCCCCCC1N(CCCCCCCC)C=CN1CCCCCCCCC. The van der Waals surface area contributed by atoms with Gasteiger partial charge >= 0.3 is 0 Å². The van der Waals surface area contributed by atoms with Gasteiger partial charge in [-0.05, 0) is 25.7 Å². The molecule has 0 saturated carbocycles. The molecule has 1 aliphatic heterocycles. The third-order valence-corrected chi connectivity index (χ3v) is 7.57. The summed E-state index contributed by atoms with van der Waals surface area (Å²) in [5.41, 5.74) is 0. The van der Waals surface area contributed by atoms with Crippen molar-refractivity contribution in [2.24, 2.45) is 0 Å². The third-order valence-electron chi connectivity index (χ3n) is 7.57. The molecule has 1 unspecified atom stereocenters. The highest BCUT2D eigenvalue weighted by atomic mass is 15.4. The van der Waals surface area contributed by atoms with Crippen LogP contribution in [0.2, 0.25) is 0 Å². The van der Waals surface area contributed by atoms with Crippen LogP contribution in [0.3, 0.4) is 0 Å². The van der Waals surface area contributed by atoms with Crippen molar-refractivity contribution in [1.82, 2.24) is 9.80 Å². The summed E-state index contributed by atoms with van der Waals surface area (Å²) in [5, 5.41) is 0. The second-order valence-corrected chi connectivity index (χ2v) is 10.8. The first kappa shape index (κ1) is 30.4. The van der Waals surface area contributed by atoms with E-state index in [0.717, 1.165) is 0 Å². The van der Waals surface area contributed by atoms with E-state index in [2.05, 4.69) is 43.0 Å². The molecule has 2 heteroatoms. The van der Waals surface area contributed by atoms with Crippen molar-refractivity contribution < 1.29 is 0 Å². The van der Waals surface area contributed by atoms with Crippen LogP contribution in [-0.2, 0) is 0 Å². The first-order valence-corrected chi connectivity index (χ1v) is 15.5. The maximum atomic E-state index is 2.69. The molecule has 1 heterocycles. The molecule has 2 nitrogen and oxygen atoms in total. The normalized spacial score (nSPS) is 15.8. The molecule has 1 atom stereocenters. The lowest BCUT2D eigenvalue weighted by Crippen LogP contribution is -2.39. The number of nitrogens with zero attached hydrogens (tertiary/aromatic N) is 2. The van der Waals surface area contributed by atoms with Gasteiger partial charge in [-0.15, -0.1) is 0 Å². The molecular weight excluding hydrogens is 400 g/mol. The summed E-state index contributed by atoms with van der Waals surface area (Å²) in [6, 6.07) is 0. The number of hydrogen-bond acceptors (Lipinski definition) is 2. The van der Waals surface area contributed by atoms with E-state index in [-0.39, 0.29) is 0 Å². The average Bonchev–Trinajstić information content (AvgIpc) is 3.21. The van der Waals surface area contributed by atoms with Crippen LogP contribution in [0.25, 0.3) is 0 Å². The molecule has 0 spiro atoms. The lowest BCUT2D eigenvalue weighted by atomic mass is 10.1. The van der Waals surface area contributed by atoms with Gasteiger partial charge in [-0.3, -0.25) is 0 Å². The van der Waals surface area contributed by atoms with Crippen molar-refractivity contribution in [2.45, 2.75) is 175 Å². The summed E-state index contributed by atoms with van der Waals surface area (Å²) in [4.78, 5) is 5.37. The minimum absolute atomic E-state index is 0.644. The van der Waals surface area contributed by atoms with Crippen molar-refractivity contribution in [1.29, 1.82) is 0 Å². The van der Waals surface area contributed by atoms with Crippen LogP contribution in [0.1, 0.15) is 168 Å². The minimum atomic E-state index is 0.644. The molecule has 1 rings (SSSR count). The van der Waals surface area contributed by atoms with Gasteiger partial charge in [0, 0.05) is 25.5 Å². The van der Waals surface area contributed by atoms with Gasteiger partial charge in [0.2, 0.25) is 0 Å². The summed E-state index contributed by atoms with van der Waals surface area (Å²) in [5.74, 6) is 0. The molecule has 196 valence electrons. The van der Waals surface area contributed by atoms with Crippen LogP contribution in [0.5, 0.6) is 0 Å². The van der Waals surface area contributed by atoms with E-state index < -0.39 is 0 Å². The molecule has 0 aromatic carbocycles. The molecule has 0 fully saturated rings. The topological polar surface area (TPSA) is 6.48 Å². The Morgan fingerprint density at radius 3 is 1.06 bits per heavy atom. The lowest BCUT2D eigenvalue weighted by Gasteiger charge is -2.33. The fourth-order valence-electron chi connectivity index (χ4n) is 5.30. The lowest BCUT2D eigenvalue weighted by molar-refractivity contribution is 0.135. The van der Waals surface area contributed by atoms with Gasteiger partial charge in [0.15, 0.2) is 0 Å². The van der Waals surface area contributed by atoms with Crippen molar-refractivity contribution >= 4 is 0 Å². The average molecular weight is 463 g/mol. The maximum Gasteiger partial charge on any atom is 0.101 e. The predicted octanol–water partition coefficient (Wildman–Crippen LogP) is 10.4. The summed E-state index contributed by atoms with van der Waals surface area (Å²) >= 11 is 0. The van der Waals surface area contributed by atoms with Crippen molar-refractivity contribution in [3.63, 3.8) is 0 Å². The molecular formula is C31H62N2. The smallest absolute Gasteiger partial charge is 0.101 e. The van der Waals surface area contributed by atoms with Crippen LogP contribution in [-0.4, -0.2) is 29.1 Å². The zero-order chi connectivity index (χ0) is 23.8. The highest BCUT2D eigenvalue weighted by molar-refractivity contribution is 4.97. The van der Waals surface area contributed by atoms with Crippen LogP contribution in [0.15, 0.2) is 12.4 Å².